The van der Waals surface area contributed by atoms with Crippen molar-refractivity contribution in [2.75, 3.05) is 11.9 Å². The first kappa shape index (κ1) is 14.2. The molecule has 0 saturated carbocycles. The van der Waals surface area contributed by atoms with Crippen molar-refractivity contribution in [2.45, 2.75) is 6.92 Å². The Hall–Kier alpha value is -1.86. The van der Waals surface area contributed by atoms with Gasteiger partial charge in [-0.25, -0.2) is 22.0 Å². The Morgan fingerprint density at radius 1 is 1.06 bits per heavy atom. The Balaban J connectivity index is 3.07. The van der Waals surface area contributed by atoms with Gasteiger partial charge in [-0.15, -0.1) is 0 Å². The molecule has 3 nitrogen and oxygen atoms in total. The molecule has 1 rings (SSSR count). The summed E-state index contributed by atoms with van der Waals surface area (Å²) in [5.41, 5.74) is -1.24. The molecule has 0 fully saturated rings. The van der Waals surface area contributed by atoms with Gasteiger partial charge >= 0.3 is 5.97 Å². The average molecular weight is 269 g/mol. The molecule has 1 atom stereocenters. The van der Waals surface area contributed by atoms with Gasteiger partial charge in [0.15, 0.2) is 23.3 Å². The van der Waals surface area contributed by atoms with Gasteiger partial charge in [-0.3, -0.25) is 4.79 Å². The van der Waals surface area contributed by atoms with E-state index in [1.807, 2.05) is 5.32 Å². The molecule has 0 aliphatic heterocycles. The van der Waals surface area contributed by atoms with E-state index in [0.717, 1.165) is 0 Å². The lowest BCUT2D eigenvalue weighted by Crippen LogP contribution is -2.21. The SMILES string of the molecule is CC(CNc1c(F)c(F)c(F)c(F)c1F)C(=O)O. The molecule has 0 aromatic heterocycles. The van der Waals surface area contributed by atoms with Crippen molar-refractivity contribution in [3.8, 4) is 0 Å². The Morgan fingerprint density at radius 3 is 1.83 bits per heavy atom. The Bertz CT molecular complexity index is 463. The summed E-state index contributed by atoms with van der Waals surface area (Å²) < 4.78 is 64.5. The minimum absolute atomic E-state index is 0.478. The molecular formula is C10H8F5NO2. The van der Waals surface area contributed by atoms with Crippen LogP contribution < -0.4 is 5.32 Å². The number of carboxylic acid groups (broad SMARTS) is 1. The third-order valence-corrected chi connectivity index (χ3v) is 2.22. The lowest BCUT2D eigenvalue weighted by Gasteiger charge is -2.12. The number of carboxylic acids is 1. The summed E-state index contributed by atoms with van der Waals surface area (Å²) in [6.45, 7) is 0.731. The molecular weight excluding hydrogens is 261 g/mol. The molecule has 0 aliphatic rings. The van der Waals surface area contributed by atoms with Gasteiger partial charge < -0.3 is 10.4 Å². The monoisotopic (exact) mass is 269 g/mol. The van der Waals surface area contributed by atoms with Gasteiger partial charge in [-0.05, 0) is 0 Å². The van der Waals surface area contributed by atoms with E-state index < -0.39 is 53.2 Å². The summed E-state index contributed by atoms with van der Waals surface area (Å²) in [5, 5.41) is 10.4. The third kappa shape index (κ3) is 2.52. The van der Waals surface area contributed by atoms with E-state index in [4.69, 9.17) is 5.11 Å². The number of carbonyl (C=O) groups is 1. The second-order valence-corrected chi connectivity index (χ2v) is 3.57. The second-order valence-electron chi connectivity index (χ2n) is 3.57. The maximum atomic E-state index is 13.1. The predicted molar refractivity (Wildman–Crippen MR) is 51.5 cm³/mol. The molecule has 0 bridgehead atoms. The van der Waals surface area contributed by atoms with Crippen molar-refractivity contribution >= 4 is 11.7 Å². The van der Waals surface area contributed by atoms with E-state index in [1.54, 1.807) is 0 Å². The molecule has 100 valence electrons. The van der Waals surface area contributed by atoms with Crippen molar-refractivity contribution < 1.29 is 31.9 Å². The molecule has 0 heterocycles. The fourth-order valence-electron chi connectivity index (χ4n) is 1.10. The fourth-order valence-corrected chi connectivity index (χ4v) is 1.10. The first-order valence-electron chi connectivity index (χ1n) is 4.75. The molecule has 1 aromatic carbocycles. The molecule has 0 amide bonds. The quantitative estimate of drug-likeness (QED) is 0.501. The van der Waals surface area contributed by atoms with Crippen LogP contribution in [0.5, 0.6) is 0 Å². The van der Waals surface area contributed by atoms with Crippen LogP contribution in [0.1, 0.15) is 6.92 Å². The summed E-state index contributed by atoms with van der Waals surface area (Å²) in [5.74, 6) is -12.8. The van der Waals surface area contributed by atoms with E-state index in [1.165, 1.54) is 6.92 Å². The number of hydrogen-bond donors (Lipinski definition) is 2. The normalized spacial score (nSPS) is 12.3. The van der Waals surface area contributed by atoms with Gasteiger partial charge in [0.2, 0.25) is 5.82 Å². The zero-order valence-electron chi connectivity index (χ0n) is 9.03. The van der Waals surface area contributed by atoms with Gasteiger partial charge in [0, 0.05) is 6.54 Å². The first-order valence-corrected chi connectivity index (χ1v) is 4.75. The first-order chi connectivity index (χ1) is 8.27. The Kier molecular flexibility index (Phi) is 4.10. The van der Waals surface area contributed by atoms with Gasteiger partial charge in [-0.2, -0.15) is 0 Å². The maximum Gasteiger partial charge on any atom is 0.308 e. The molecule has 18 heavy (non-hydrogen) atoms. The van der Waals surface area contributed by atoms with E-state index in [0.29, 0.717) is 0 Å². The molecule has 0 spiro atoms. The molecule has 1 aromatic rings. The van der Waals surface area contributed by atoms with Gasteiger partial charge in [0.1, 0.15) is 5.69 Å². The van der Waals surface area contributed by atoms with Gasteiger partial charge in [0.05, 0.1) is 5.92 Å². The smallest absolute Gasteiger partial charge is 0.308 e. The zero-order chi connectivity index (χ0) is 14.0. The highest BCUT2D eigenvalue weighted by atomic mass is 19.2. The van der Waals surface area contributed by atoms with Crippen LogP contribution in [0.15, 0.2) is 0 Å². The van der Waals surface area contributed by atoms with E-state index in [9.17, 15) is 26.7 Å². The van der Waals surface area contributed by atoms with Gasteiger partial charge in [0.25, 0.3) is 0 Å². The number of halogens is 5. The number of nitrogens with one attached hydrogen (secondary N) is 1. The fraction of sp³-hybridized carbons (Fsp3) is 0.300. The van der Waals surface area contributed by atoms with Crippen LogP contribution in [0.2, 0.25) is 0 Å². The number of anilines is 1. The van der Waals surface area contributed by atoms with Crippen LogP contribution in [-0.2, 0) is 4.79 Å². The average Bonchev–Trinajstić information content (AvgIpc) is 2.33. The molecule has 0 saturated heterocycles. The van der Waals surface area contributed by atoms with Crippen molar-refractivity contribution in [2.24, 2.45) is 5.92 Å². The van der Waals surface area contributed by atoms with Crippen LogP contribution in [0, 0.1) is 35.0 Å². The second kappa shape index (κ2) is 5.19. The van der Waals surface area contributed by atoms with Crippen molar-refractivity contribution in [3.05, 3.63) is 29.1 Å². The van der Waals surface area contributed by atoms with Gasteiger partial charge in [-0.1, -0.05) is 6.92 Å². The summed E-state index contributed by atoms with van der Waals surface area (Å²) >= 11 is 0. The van der Waals surface area contributed by atoms with Crippen LogP contribution in [0.3, 0.4) is 0 Å². The summed E-state index contributed by atoms with van der Waals surface area (Å²) in [6, 6.07) is 0. The van der Waals surface area contributed by atoms with Crippen LogP contribution in [0.4, 0.5) is 27.6 Å². The topological polar surface area (TPSA) is 49.3 Å². The van der Waals surface area contributed by atoms with Crippen LogP contribution in [0.25, 0.3) is 0 Å². The van der Waals surface area contributed by atoms with Crippen molar-refractivity contribution in [3.63, 3.8) is 0 Å². The third-order valence-electron chi connectivity index (χ3n) is 2.22. The zero-order valence-corrected chi connectivity index (χ0v) is 9.03. The highest BCUT2D eigenvalue weighted by Gasteiger charge is 2.26. The minimum Gasteiger partial charge on any atom is -0.481 e. The lowest BCUT2D eigenvalue weighted by atomic mass is 10.1. The number of benzene rings is 1. The Morgan fingerprint density at radius 2 is 1.44 bits per heavy atom. The predicted octanol–water partition coefficient (Wildman–Crippen LogP) is 2.51. The summed E-state index contributed by atoms with van der Waals surface area (Å²) in [4.78, 5) is 10.4. The van der Waals surface area contributed by atoms with Crippen molar-refractivity contribution in [1.29, 1.82) is 0 Å². The number of aliphatic carboxylic acids is 1. The van der Waals surface area contributed by atoms with Crippen LogP contribution >= 0.6 is 0 Å². The summed E-state index contributed by atoms with van der Waals surface area (Å²) in [6.07, 6.45) is 0. The highest BCUT2D eigenvalue weighted by molar-refractivity contribution is 5.70. The standard InChI is InChI=1S/C10H8F5NO2/c1-3(10(17)18)2-16-9-7(14)5(12)4(11)6(13)8(9)15/h3,16H,2H2,1H3,(H,17,18). The number of hydrogen-bond acceptors (Lipinski definition) is 2. The Labute approximate surface area is 98.2 Å². The molecule has 8 heteroatoms. The molecule has 0 radical (unpaired) electrons. The van der Waals surface area contributed by atoms with E-state index >= 15 is 0 Å². The minimum atomic E-state index is -2.26. The van der Waals surface area contributed by atoms with E-state index in [2.05, 4.69) is 0 Å². The lowest BCUT2D eigenvalue weighted by molar-refractivity contribution is -0.140. The molecule has 2 N–H and O–H groups in total. The largest absolute Gasteiger partial charge is 0.481 e. The van der Waals surface area contributed by atoms with E-state index in [-0.39, 0.29) is 0 Å². The number of rotatable bonds is 4. The highest BCUT2D eigenvalue weighted by Crippen LogP contribution is 2.27. The molecule has 0 aliphatic carbocycles. The maximum absolute atomic E-state index is 13.1. The summed E-state index contributed by atoms with van der Waals surface area (Å²) in [7, 11) is 0. The van der Waals surface area contributed by atoms with Crippen LogP contribution in [-0.4, -0.2) is 17.6 Å². The molecule has 1 unspecified atom stereocenters. The van der Waals surface area contributed by atoms with Crippen molar-refractivity contribution in [1.82, 2.24) is 0 Å².